The number of hydrogen-bond donors (Lipinski definition) is 0. The summed E-state index contributed by atoms with van der Waals surface area (Å²) in [6, 6.07) is 21.0. The van der Waals surface area contributed by atoms with Crippen LogP contribution in [0, 0.1) is 7.14 Å². The van der Waals surface area contributed by atoms with Crippen LogP contribution in [-0.4, -0.2) is 13.1 Å². The number of rotatable bonds is 2. The minimum absolute atomic E-state index is 0.143. The topological polar surface area (TPSA) is 26.3 Å². The van der Waals surface area contributed by atoms with Gasteiger partial charge in [-0.3, -0.25) is 0 Å². The molecule has 1 atom stereocenters. The van der Waals surface area contributed by atoms with Crippen LogP contribution in [0.4, 0.5) is 0 Å². The summed E-state index contributed by atoms with van der Waals surface area (Å²) in [6.45, 7) is 0. The number of thiophene rings is 1. The van der Waals surface area contributed by atoms with Gasteiger partial charge in [-0.05, 0) is 87.6 Å². The van der Waals surface area contributed by atoms with E-state index in [1.54, 1.807) is 0 Å². The zero-order chi connectivity index (χ0) is 17.6. The predicted octanol–water partition coefficient (Wildman–Crippen LogP) is 6.73. The number of carbonyl (C=O) groups excluding carboxylic acids is 1. The number of carbonyl (C=O) groups is 1. The van der Waals surface area contributed by atoms with Gasteiger partial charge in [-0.2, -0.15) is 0 Å². The molecule has 4 aromatic rings. The Kier molecular flexibility index (Phi) is 4.72. The second-order valence-electron chi connectivity index (χ2n) is 5.58. The molecule has 0 bridgehead atoms. The van der Waals surface area contributed by atoms with Crippen molar-refractivity contribution >= 4 is 81.8 Å². The Hall–Kier alpha value is -1.19. The van der Waals surface area contributed by atoms with Gasteiger partial charge in [0.25, 0.3) is 0 Å². The summed E-state index contributed by atoms with van der Waals surface area (Å²) in [5, 5.41) is 2.34. The molecule has 0 N–H and O–H groups in total. The molecule has 0 radical (unpaired) electrons. The van der Waals surface area contributed by atoms with Crippen molar-refractivity contribution in [1.29, 1.82) is 0 Å². The Morgan fingerprint density at radius 2 is 1.64 bits per heavy atom. The average molecular weight is 571 g/mol. The molecule has 0 aliphatic heterocycles. The van der Waals surface area contributed by atoms with Gasteiger partial charge < -0.3 is 4.74 Å². The monoisotopic (exact) mass is 571 g/mol. The summed E-state index contributed by atoms with van der Waals surface area (Å²) in [5.41, 5.74) is 0.596. The van der Waals surface area contributed by atoms with E-state index >= 15 is 0 Å². The highest BCUT2D eigenvalue weighted by Crippen LogP contribution is 2.48. The standard InChI is InChI=1S/C20H13I2O2S/c1-24-20(23)12-6-9-19-15(10-12)14-4-2-3-5-18(14)25(19)13-7-8-16(21)17(22)11-13/h2-11H,1H3/q+1. The Labute approximate surface area is 175 Å². The number of benzene rings is 3. The van der Waals surface area contributed by atoms with Crippen LogP contribution in [0.15, 0.2) is 60.7 Å². The minimum atomic E-state index is -0.295. The lowest BCUT2D eigenvalue weighted by atomic mass is 10.1. The second kappa shape index (κ2) is 6.85. The highest BCUT2D eigenvalue weighted by Gasteiger charge is 2.25. The fourth-order valence-corrected chi connectivity index (χ4v) is 6.46. The summed E-state index contributed by atoms with van der Waals surface area (Å²) in [7, 11) is 1.28. The summed E-state index contributed by atoms with van der Waals surface area (Å²) in [5.74, 6) is -0.295. The third-order valence-electron chi connectivity index (χ3n) is 4.14. The van der Waals surface area contributed by atoms with E-state index in [4.69, 9.17) is 4.74 Å². The maximum atomic E-state index is 11.9. The lowest BCUT2D eigenvalue weighted by Gasteiger charge is -1.99. The molecule has 2 nitrogen and oxygen atoms in total. The van der Waals surface area contributed by atoms with Gasteiger partial charge in [0.05, 0.1) is 12.7 Å². The van der Waals surface area contributed by atoms with E-state index in [0.717, 1.165) is 5.39 Å². The first-order chi connectivity index (χ1) is 12.1. The Balaban J connectivity index is 2.08. The molecule has 0 fully saturated rings. The smallest absolute Gasteiger partial charge is 0.337 e. The normalized spacial score (nSPS) is 11.9. The summed E-state index contributed by atoms with van der Waals surface area (Å²) in [4.78, 5) is 13.2. The van der Waals surface area contributed by atoms with Crippen LogP contribution < -0.4 is 0 Å². The van der Waals surface area contributed by atoms with E-state index in [9.17, 15) is 4.79 Å². The van der Waals surface area contributed by atoms with Crippen LogP contribution in [-0.2, 0) is 4.74 Å². The third-order valence-corrected chi connectivity index (χ3v) is 9.33. The van der Waals surface area contributed by atoms with Gasteiger partial charge in [-0.15, -0.1) is 0 Å². The van der Waals surface area contributed by atoms with Crippen LogP contribution in [0.5, 0.6) is 0 Å². The second-order valence-corrected chi connectivity index (χ2v) is 9.87. The van der Waals surface area contributed by atoms with Gasteiger partial charge in [0.1, 0.15) is 0 Å². The molecule has 0 aliphatic carbocycles. The fraction of sp³-hybridized carbons (Fsp3) is 0.0500. The van der Waals surface area contributed by atoms with Crippen LogP contribution >= 0.6 is 55.7 Å². The van der Waals surface area contributed by atoms with E-state index < -0.39 is 0 Å². The van der Waals surface area contributed by atoms with Gasteiger partial charge >= 0.3 is 5.97 Å². The van der Waals surface area contributed by atoms with Gasteiger partial charge in [0, 0.05) is 34.4 Å². The molecule has 124 valence electrons. The van der Waals surface area contributed by atoms with Crippen molar-refractivity contribution in [2.24, 2.45) is 0 Å². The van der Waals surface area contributed by atoms with E-state index in [1.165, 1.54) is 33.9 Å². The van der Waals surface area contributed by atoms with Gasteiger partial charge in [-0.1, -0.05) is 12.1 Å². The Morgan fingerprint density at radius 1 is 0.880 bits per heavy atom. The lowest BCUT2D eigenvalue weighted by Crippen LogP contribution is -2.00. The lowest BCUT2D eigenvalue weighted by molar-refractivity contribution is 0.0601. The van der Waals surface area contributed by atoms with Crippen molar-refractivity contribution in [2.75, 3.05) is 7.11 Å². The minimum Gasteiger partial charge on any atom is -0.465 e. The molecule has 1 aromatic heterocycles. The Bertz CT molecular complexity index is 1130. The predicted molar refractivity (Wildman–Crippen MR) is 122 cm³/mol. The van der Waals surface area contributed by atoms with Crippen molar-refractivity contribution in [3.05, 3.63) is 73.4 Å². The van der Waals surface area contributed by atoms with E-state index in [2.05, 4.69) is 93.7 Å². The maximum Gasteiger partial charge on any atom is 0.337 e. The van der Waals surface area contributed by atoms with Crippen LogP contribution in [0.2, 0.25) is 0 Å². The molecule has 3 aromatic carbocycles. The van der Waals surface area contributed by atoms with E-state index in [-0.39, 0.29) is 16.4 Å². The van der Waals surface area contributed by atoms with Crippen molar-refractivity contribution in [3.8, 4) is 4.90 Å². The highest BCUT2D eigenvalue weighted by molar-refractivity contribution is 14.1. The van der Waals surface area contributed by atoms with Gasteiger partial charge in [-0.25, -0.2) is 4.79 Å². The first-order valence-electron chi connectivity index (χ1n) is 7.61. The van der Waals surface area contributed by atoms with E-state index in [0.29, 0.717) is 5.56 Å². The molecule has 1 heterocycles. The molecule has 0 amide bonds. The van der Waals surface area contributed by atoms with Crippen LogP contribution in [0.3, 0.4) is 0 Å². The zero-order valence-electron chi connectivity index (χ0n) is 13.3. The van der Waals surface area contributed by atoms with Crippen LogP contribution in [0.25, 0.3) is 25.1 Å². The third kappa shape index (κ3) is 2.96. The quantitative estimate of drug-likeness (QED) is 0.152. The molecule has 0 saturated carbocycles. The first kappa shape index (κ1) is 17.2. The summed E-state index contributed by atoms with van der Waals surface area (Å²) in [6.07, 6.45) is 0. The van der Waals surface area contributed by atoms with Crippen molar-refractivity contribution in [2.45, 2.75) is 0 Å². The molecule has 4 rings (SSSR count). The molecular formula is C20H13I2O2S+. The van der Waals surface area contributed by atoms with Crippen LogP contribution in [0.1, 0.15) is 10.4 Å². The summed E-state index contributed by atoms with van der Waals surface area (Å²) >= 11 is 4.75. The van der Waals surface area contributed by atoms with Gasteiger partial charge in [0.2, 0.25) is 0 Å². The van der Waals surface area contributed by atoms with Crippen molar-refractivity contribution < 1.29 is 9.53 Å². The molecule has 25 heavy (non-hydrogen) atoms. The summed E-state index contributed by atoms with van der Waals surface area (Å²) < 4.78 is 10.00. The number of esters is 1. The molecule has 0 aliphatic rings. The average Bonchev–Trinajstić information content (AvgIpc) is 2.97. The van der Waals surface area contributed by atoms with E-state index in [1.807, 2.05) is 12.1 Å². The molecule has 5 heteroatoms. The Morgan fingerprint density at radius 3 is 2.40 bits per heavy atom. The molecular weight excluding hydrogens is 558 g/mol. The number of fused-ring (bicyclic) bond motifs is 3. The fourth-order valence-electron chi connectivity index (χ4n) is 3.01. The number of halogens is 2. The number of ether oxygens (including phenoxy) is 1. The highest BCUT2D eigenvalue weighted by atomic mass is 127. The number of hydrogen-bond acceptors (Lipinski definition) is 2. The van der Waals surface area contributed by atoms with Crippen molar-refractivity contribution in [1.82, 2.24) is 0 Å². The molecule has 0 saturated heterocycles. The number of methoxy groups -OCH3 is 1. The molecule has 0 spiro atoms. The SMILES string of the molecule is COC(=O)c1ccc2c(c1)c1ccccc1[s+]2-c1ccc(I)c(I)c1. The zero-order valence-corrected chi connectivity index (χ0v) is 18.4. The van der Waals surface area contributed by atoms with Crippen molar-refractivity contribution in [3.63, 3.8) is 0 Å². The molecule has 1 unspecified atom stereocenters. The van der Waals surface area contributed by atoms with Gasteiger partial charge in [0.15, 0.2) is 14.3 Å². The first-order valence-corrected chi connectivity index (χ1v) is 11.0. The largest absolute Gasteiger partial charge is 0.465 e. The maximum absolute atomic E-state index is 11.9.